The largest absolute Gasteiger partial charge is 0.256 e. The van der Waals surface area contributed by atoms with E-state index in [0.717, 1.165) is 5.52 Å². The van der Waals surface area contributed by atoms with Crippen LogP contribution >= 0.6 is 0 Å². The van der Waals surface area contributed by atoms with Crippen LogP contribution in [-0.2, 0) is 5.41 Å². The van der Waals surface area contributed by atoms with E-state index >= 15 is 0 Å². The number of benzene rings is 5. The van der Waals surface area contributed by atoms with E-state index in [4.69, 9.17) is 4.98 Å². The second kappa shape index (κ2) is 5.96. The molecule has 2 aliphatic rings. The summed E-state index contributed by atoms with van der Waals surface area (Å²) < 4.78 is 0. The number of fused-ring (bicyclic) bond motifs is 14. The summed E-state index contributed by atoms with van der Waals surface area (Å²) in [6, 6.07) is 40.1. The molecule has 0 N–H and O–H groups in total. The second-order valence-corrected chi connectivity index (χ2v) is 9.11. The Bertz CT molecular complexity index is 1730. The van der Waals surface area contributed by atoms with Gasteiger partial charge >= 0.3 is 0 Å². The molecule has 1 spiro atoms. The summed E-state index contributed by atoms with van der Waals surface area (Å²) >= 11 is 0. The van der Waals surface area contributed by atoms with E-state index < -0.39 is 0 Å². The van der Waals surface area contributed by atoms with Crippen LogP contribution in [0.1, 0.15) is 22.3 Å². The number of para-hydroxylation sites is 1. The first kappa shape index (κ1) is 17.3. The number of hydrogen-bond donors (Lipinski definition) is 0. The zero-order valence-corrected chi connectivity index (χ0v) is 17.9. The van der Waals surface area contributed by atoms with E-state index in [9.17, 15) is 0 Å². The molecule has 8 rings (SSSR count). The molecule has 1 aromatic heterocycles. The molecule has 0 fully saturated rings. The minimum Gasteiger partial charge on any atom is -0.256 e. The van der Waals surface area contributed by atoms with E-state index in [1.54, 1.807) is 0 Å². The number of aromatic nitrogens is 1. The molecule has 0 saturated carbocycles. The van der Waals surface area contributed by atoms with Gasteiger partial charge in [-0.25, -0.2) is 0 Å². The van der Waals surface area contributed by atoms with Gasteiger partial charge in [0.15, 0.2) is 0 Å². The molecule has 1 heterocycles. The average Bonchev–Trinajstić information content (AvgIpc) is 3.36. The first-order valence-corrected chi connectivity index (χ1v) is 11.5. The fourth-order valence-electron chi connectivity index (χ4n) is 6.53. The van der Waals surface area contributed by atoms with Gasteiger partial charge in [-0.05, 0) is 50.6 Å². The standard InChI is InChI=1S/C32H19N/c1-5-13-25-21(9-1)22-10-2-6-14-26(22)32(25)27-15-7-3-11-23(27)31-28(32)18-17-20-19-33-29-16-8-4-12-24(29)30(20)31/h1-19H. The van der Waals surface area contributed by atoms with Crippen molar-refractivity contribution in [3.8, 4) is 22.3 Å². The van der Waals surface area contributed by atoms with Crippen molar-refractivity contribution in [1.29, 1.82) is 0 Å². The van der Waals surface area contributed by atoms with Crippen LogP contribution in [0.25, 0.3) is 43.9 Å². The van der Waals surface area contributed by atoms with Gasteiger partial charge in [0, 0.05) is 22.4 Å². The molecule has 0 atom stereocenters. The number of pyridine rings is 1. The molecule has 0 bridgehead atoms. The van der Waals surface area contributed by atoms with E-state index in [1.807, 2.05) is 6.20 Å². The first-order valence-electron chi connectivity index (χ1n) is 11.5. The van der Waals surface area contributed by atoms with Gasteiger partial charge < -0.3 is 0 Å². The van der Waals surface area contributed by atoms with Gasteiger partial charge in [-0.1, -0.05) is 103 Å². The van der Waals surface area contributed by atoms with Crippen LogP contribution in [0.2, 0.25) is 0 Å². The van der Waals surface area contributed by atoms with Gasteiger partial charge in [0.25, 0.3) is 0 Å². The summed E-state index contributed by atoms with van der Waals surface area (Å²) in [6.07, 6.45) is 2.03. The lowest BCUT2D eigenvalue weighted by Gasteiger charge is -2.30. The van der Waals surface area contributed by atoms with Crippen molar-refractivity contribution in [2.45, 2.75) is 5.41 Å². The van der Waals surface area contributed by atoms with E-state index in [2.05, 4.69) is 109 Å². The van der Waals surface area contributed by atoms with Gasteiger partial charge in [-0.3, -0.25) is 4.98 Å². The van der Waals surface area contributed by atoms with E-state index in [1.165, 1.54) is 60.7 Å². The van der Waals surface area contributed by atoms with Crippen molar-refractivity contribution < 1.29 is 0 Å². The lowest BCUT2D eigenvalue weighted by Crippen LogP contribution is -2.25. The third-order valence-electron chi connectivity index (χ3n) is 7.71. The Morgan fingerprint density at radius 2 is 1.06 bits per heavy atom. The summed E-state index contributed by atoms with van der Waals surface area (Å²) in [5.41, 5.74) is 11.7. The van der Waals surface area contributed by atoms with Crippen molar-refractivity contribution in [2.75, 3.05) is 0 Å². The molecule has 152 valence electrons. The number of rotatable bonds is 0. The van der Waals surface area contributed by atoms with Crippen molar-refractivity contribution >= 4 is 21.7 Å². The minimum absolute atomic E-state index is 0.294. The lowest BCUT2D eigenvalue weighted by molar-refractivity contribution is 0.794. The molecule has 0 amide bonds. The van der Waals surface area contributed by atoms with Crippen LogP contribution < -0.4 is 0 Å². The molecule has 2 aliphatic carbocycles. The summed E-state index contributed by atoms with van der Waals surface area (Å²) in [7, 11) is 0. The molecule has 0 radical (unpaired) electrons. The topological polar surface area (TPSA) is 12.9 Å². The molecular formula is C32H19N. The fourth-order valence-corrected chi connectivity index (χ4v) is 6.53. The maximum atomic E-state index is 4.75. The van der Waals surface area contributed by atoms with Crippen LogP contribution in [0.5, 0.6) is 0 Å². The predicted octanol–water partition coefficient (Wildman–Crippen LogP) is 7.73. The van der Waals surface area contributed by atoms with Crippen LogP contribution in [0.3, 0.4) is 0 Å². The van der Waals surface area contributed by atoms with Gasteiger partial charge in [0.05, 0.1) is 10.9 Å². The van der Waals surface area contributed by atoms with Crippen LogP contribution in [0.15, 0.2) is 115 Å². The predicted molar refractivity (Wildman–Crippen MR) is 136 cm³/mol. The highest BCUT2D eigenvalue weighted by atomic mass is 14.7. The third kappa shape index (κ3) is 1.93. The van der Waals surface area contributed by atoms with Crippen molar-refractivity contribution in [2.24, 2.45) is 0 Å². The zero-order valence-electron chi connectivity index (χ0n) is 17.9. The summed E-state index contributed by atoms with van der Waals surface area (Å²) in [5, 5.41) is 3.72. The Morgan fingerprint density at radius 3 is 1.79 bits per heavy atom. The lowest BCUT2D eigenvalue weighted by atomic mass is 9.70. The van der Waals surface area contributed by atoms with E-state index in [-0.39, 0.29) is 5.41 Å². The first-order chi connectivity index (χ1) is 16.4. The molecule has 33 heavy (non-hydrogen) atoms. The van der Waals surface area contributed by atoms with Crippen molar-refractivity contribution in [3.05, 3.63) is 138 Å². The normalized spacial score (nSPS) is 14.3. The van der Waals surface area contributed by atoms with Crippen LogP contribution in [0.4, 0.5) is 0 Å². The van der Waals surface area contributed by atoms with Gasteiger partial charge in [0.2, 0.25) is 0 Å². The third-order valence-corrected chi connectivity index (χ3v) is 7.71. The highest BCUT2D eigenvalue weighted by molar-refractivity contribution is 6.16. The molecular weight excluding hydrogens is 398 g/mol. The van der Waals surface area contributed by atoms with Gasteiger partial charge in [0.1, 0.15) is 0 Å². The molecule has 1 nitrogen and oxygen atoms in total. The van der Waals surface area contributed by atoms with Gasteiger partial charge in [-0.15, -0.1) is 0 Å². The van der Waals surface area contributed by atoms with Crippen LogP contribution in [-0.4, -0.2) is 4.98 Å². The second-order valence-electron chi connectivity index (χ2n) is 9.11. The SMILES string of the molecule is c1ccc2c(c1)-c1ccccc1C21c2ccccc2-c2c1ccc1cnc3ccccc3c21. The van der Waals surface area contributed by atoms with Crippen molar-refractivity contribution in [3.63, 3.8) is 0 Å². The highest BCUT2D eigenvalue weighted by Gasteiger charge is 2.51. The Hall–Kier alpha value is -4.23. The minimum atomic E-state index is -0.294. The molecule has 1 heteroatoms. The Morgan fingerprint density at radius 1 is 0.485 bits per heavy atom. The maximum Gasteiger partial charge on any atom is 0.0725 e. The van der Waals surface area contributed by atoms with E-state index in [0.29, 0.717) is 0 Å². The van der Waals surface area contributed by atoms with Crippen molar-refractivity contribution in [1.82, 2.24) is 4.98 Å². The molecule has 0 aliphatic heterocycles. The quantitative estimate of drug-likeness (QED) is 0.230. The maximum absolute atomic E-state index is 4.75. The Balaban J connectivity index is 1.65. The molecule has 5 aromatic carbocycles. The summed E-state index contributed by atoms with van der Waals surface area (Å²) in [4.78, 5) is 4.75. The Labute approximate surface area is 192 Å². The average molecular weight is 418 g/mol. The molecule has 0 saturated heterocycles. The molecule has 6 aromatic rings. The zero-order chi connectivity index (χ0) is 21.6. The Kier molecular flexibility index (Phi) is 3.13. The highest BCUT2D eigenvalue weighted by Crippen LogP contribution is 2.63. The molecule has 0 unspecified atom stereocenters. The summed E-state index contributed by atoms with van der Waals surface area (Å²) in [6.45, 7) is 0. The van der Waals surface area contributed by atoms with Crippen LogP contribution in [0, 0.1) is 0 Å². The smallest absolute Gasteiger partial charge is 0.0725 e. The van der Waals surface area contributed by atoms with Gasteiger partial charge in [-0.2, -0.15) is 0 Å². The number of hydrogen-bond acceptors (Lipinski definition) is 1. The summed E-state index contributed by atoms with van der Waals surface area (Å²) in [5.74, 6) is 0. The fraction of sp³-hybridized carbons (Fsp3) is 0.0312. The monoisotopic (exact) mass is 417 g/mol. The number of nitrogens with zero attached hydrogens (tertiary/aromatic N) is 1.